The summed E-state index contributed by atoms with van der Waals surface area (Å²) >= 11 is 12.0. The molecule has 15 heavy (non-hydrogen) atoms. The minimum Gasteiger partial charge on any atom is -0.366 e. The molecule has 1 aliphatic heterocycles. The Morgan fingerprint density at radius 3 is 2.53 bits per heavy atom. The van der Waals surface area contributed by atoms with Gasteiger partial charge in [0.2, 0.25) is 0 Å². The summed E-state index contributed by atoms with van der Waals surface area (Å²) in [6.45, 7) is 5.21. The van der Waals surface area contributed by atoms with E-state index in [4.69, 9.17) is 23.2 Å². The molecule has 1 heterocycles. The molecule has 2 rings (SSSR count). The molecule has 1 aliphatic rings. The van der Waals surface area contributed by atoms with Gasteiger partial charge < -0.3 is 10.2 Å². The fourth-order valence-corrected chi connectivity index (χ4v) is 2.44. The maximum absolute atomic E-state index is 5.99. The molecule has 0 aliphatic carbocycles. The number of nitrogens with zero attached hydrogens (tertiary/aromatic N) is 1. The lowest BCUT2D eigenvalue weighted by atomic mass is 10.2. The summed E-state index contributed by atoms with van der Waals surface area (Å²) < 4.78 is 0. The van der Waals surface area contributed by atoms with Crippen LogP contribution in [0.25, 0.3) is 0 Å². The monoisotopic (exact) mass is 244 g/mol. The Morgan fingerprint density at radius 2 is 1.93 bits per heavy atom. The first-order valence-corrected chi connectivity index (χ1v) is 5.86. The molecule has 0 amide bonds. The van der Waals surface area contributed by atoms with Crippen LogP contribution in [0.2, 0.25) is 10.0 Å². The number of nitrogens with one attached hydrogen (secondary N) is 1. The minimum atomic E-state index is 0.480. The standard InChI is InChI=1S/C11H14Cl2N2/c1-8-7-14-2-3-15(8)11-5-9(12)4-10(13)6-11/h4-6,8,14H,2-3,7H2,1H3/t8-/m1/s1. The van der Waals surface area contributed by atoms with Gasteiger partial charge in [-0.05, 0) is 25.1 Å². The molecule has 4 heteroatoms. The van der Waals surface area contributed by atoms with Crippen LogP contribution in [0.1, 0.15) is 6.92 Å². The highest BCUT2D eigenvalue weighted by molar-refractivity contribution is 6.35. The third-order valence-corrected chi connectivity index (χ3v) is 3.12. The van der Waals surface area contributed by atoms with Crippen molar-refractivity contribution in [3.63, 3.8) is 0 Å². The van der Waals surface area contributed by atoms with Gasteiger partial charge in [0.15, 0.2) is 0 Å². The first kappa shape index (κ1) is 11.1. The Morgan fingerprint density at radius 1 is 1.27 bits per heavy atom. The average Bonchev–Trinajstić information content (AvgIpc) is 2.16. The predicted octanol–water partition coefficient (Wildman–Crippen LogP) is 2.79. The van der Waals surface area contributed by atoms with E-state index in [9.17, 15) is 0 Å². The van der Waals surface area contributed by atoms with Crippen LogP contribution in [0, 0.1) is 0 Å². The Balaban J connectivity index is 2.27. The van der Waals surface area contributed by atoms with Crippen LogP contribution in [0.5, 0.6) is 0 Å². The number of anilines is 1. The number of benzene rings is 1. The summed E-state index contributed by atoms with van der Waals surface area (Å²) in [7, 11) is 0. The number of piperazine rings is 1. The van der Waals surface area contributed by atoms with Crippen LogP contribution < -0.4 is 10.2 Å². The fraction of sp³-hybridized carbons (Fsp3) is 0.455. The summed E-state index contributed by atoms with van der Waals surface area (Å²) in [6, 6.07) is 6.18. The second kappa shape index (κ2) is 4.60. The van der Waals surface area contributed by atoms with E-state index in [0.29, 0.717) is 16.1 Å². The van der Waals surface area contributed by atoms with Crippen molar-refractivity contribution in [3.05, 3.63) is 28.2 Å². The van der Waals surface area contributed by atoms with Crippen molar-refractivity contribution in [2.75, 3.05) is 24.5 Å². The van der Waals surface area contributed by atoms with Gasteiger partial charge in [-0.1, -0.05) is 23.2 Å². The second-order valence-electron chi connectivity index (χ2n) is 3.87. The SMILES string of the molecule is C[C@@H]1CNCCN1c1cc(Cl)cc(Cl)c1. The van der Waals surface area contributed by atoms with Crippen LogP contribution >= 0.6 is 23.2 Å². The van der Waals surface area contributed by atoms with Crippen LogP contribution in [-0.2, 0) is 0 Å². The maximum Gasteiger partial charge on any atom is 0.0441 e. The molecule has 0 aromatic heterocycles. The molecule has 0 bridgehead atoms. The number of rotatable bonds is 1. The number of hydrogen-bond acceptors (Lipinski definition) is 2. The molecular formula is C11H14Cl2N2. The molecule has 0 spiro atoms. The number of halogens is 2. The van der Waals surface area contributed by atoms with E-state index in [1.165, 1.54) is 0 Å². The van der Waals surface area contributed by atoms with Crippen molar-refractivity contribution < 1.29 is 0 Å². The van der Waals surface area contributed by atoms with Gasteiger partial charge in [0.05, 0.1) is 0 Å². The predicted molar refractivity (Wildman–Crippen MR) is 66.1 cm³/mol. The van der Waals surface area contributed by atoms with Gasteiger partial charge in [-0.2, -0.15) is 0 Å². The Bertz CT molecular complexity index is 334. The summed E-state index contributed by atoms with van der Waals surface area (Å²) in [4.78, 5) is 2.33. The molecule has 1 saturated heterocycles. The minimum absolute atomic E-state index is 0.480. The van der Waals surface area contributed by atoms with E-state index in [1.54, 1.807) is 6.07 Å². The quantitative estimate of drug-likeness (QED) is 0.818. The molecule has 1 fully saturated rings. The van der Waals surface area contributed by atoms with Crippen LogP contribution in [0.15, 0.2) is 18.2 Å². The lowest BCUT2D eigenvalue weighted by Crippen LogP contribution is -2.49. The van der Waals surface area contributed by atoms with E-state index in [0.717, 1.165) is 25.3 Å². The van der Waals surface area contributed by atoms with E-state index in [1.807, 2.05) is 12.1 Å². The van der Waals surface area contributed by atoms with E-state index in [-0.39, 0.29) is 0 Å². The lowest BCUT2D eigenvalue weighted by molar-refractivity contribution is 0.501. The van der Waals surface area contributed by atoms with Gasteiger partial charge in [0.1, 0.15) is 0 Å². The highest BCUT2D eigenvalue weighted by Crippen LogP contribution is 2.27. The number of hydrogen-bond donors (Lipinski definition) is 1. The topological polar surface area (TPSA) is 15.3 Å². The van der Waals surface area contributed by atoms with Crippen molar-refractivity contribution in [2.45, 2.75) is 13.0 Å². The third kappa shape index (κ3) is 2.57. The van der Waals surface area contributed by atoms with Crippen LogP contribution in [-0.4, -0.2) is 25.7 Å². The van der Waals surface area contributed by atoms with E-state index >= 15 is 0 Å². The molecule has 0 radical (unpaired) electrons. The highest BCUT2D eigenvalue weighted by Gasteiger charge is 2.18. The van der Waals surface area contributed by atoms with Crippen molar-refractivity contribution in [3.8, 4) is 0 Å². The fourth-order valence-electron chi connectivity index (χ4n) is 1.93. The summed E-state index contributed by atoms with van der Waals surface area (Å²) in [5, 5.41) is 4.75. The Kier molecular flexibility index (Phi) is 3.39. The van der Waals surface area contributed by atoms with Gasteiger partial charge in [-0.3, -0.25) is 0 Å². The first-order valence-electron chi connectivity index (χ1n) is 5.10. The van der Waals surface area contributed by atoms with Gasteiger partial charge in [0.25, 0.3) is 0 Å². The van der Waals surface area contributed by atoms with Crippen LogP contribution in [0.3, 0.4) is 0 Å². The Labute approximate surface area is 100 Å². The molecule has 1 aromatic carbocycles. The maximum atomic E-state index is 5.99. The second-order valence-corrected chi connectivity index (χ2v) is 4.75. The summed E-state index contributed by atoms with van der Waals surface area (Å²) in [6.07, 6.45) is 0. The van der Waals surface area contributed by atoms with E-state index < -0.39 is 0 Å². The molecular weight excluding hydrogens is 231 g/mol. The molecule has 0 unspecified atom stereocenters. The van der Waals surface area contributed by atoms with Crippen molar-refractivity contribution in [2.24, 2.45) is 0 Å². The summed E-state index contributed by atoms with van der Waals surface area (Å²) in [5.74, 6) is 0. The molecule has 1 atom stereocenters. The largest absolute Gasteiger partial charge is 0.366 e. The van der Waals surface area contributed by atoms with E-state index in [2.05, 4.69) is 17.1 Å². The lowest BCUT2D eigenvalue weighted by Gasteiger charge is -2.36. The highest BCUT2D eigenvalue weighted by atomic mass is 35.5. The third-order valence-electron chi connectivity index (χ3n) is 2.68. The molecule has 2 nitrogen and oxygen atoms in total. The van der Waals surface area contributed by atoms with Crippen molar-refractivity contribution in [1.82, 2.24) is 5.32 Å². The first-order chi connectivity index (χ1) is 7.16. The zero-order valence-corrected chi connectivity index (χ0v) is 10.1. The molecule has 1 N–H and O–H groups in total. The molecule has 0 saturated carbocycles. The Hall–Kier alpha value is -0.440. The average molecular weight is 245 g/mol. The zero-order chi connectivity index (χ0) is 10.8. The normalized spacial score (nSPS) is 21.8. The van der Waals surface area contributed by atoms with Gasteiger partial charge in [-0.25, -0.2) is 0 Å². The van der Waals surface area contributed by atoms with Crippen LogP contribution in [0.4, 0.5) is 5.69 Å². The molecule has 1 aromatic rings. The van der Waals surface area contributed by atoms with Gasteiger partial charge in [-0.15, -0.1) is 0 Å². The van der Waals surface area contributed by atoms with Crippen molar-refractivity contribution >= 4 is 28.9 Å². The summed E-state index contributed by atoms with van der Waals surface area (Å²) in [5.41, 5.74) is 1.11. The van der Waals surface area contributed by atoms with Crippen molar-refractivity contribution in [1.29, 1.82) is 0 Å². The van der Waals surface area contributed by atoms with Gasteiger partial charge in [0, 0.05) is 41.4 Å². The zero-order valence-electron chi connectivity index (χ0n) is 8.63. The molecule has 82 valence electrons. The van der Waals surface area contributed by atoms with Gasteiger partial charge >= 0.3 is 0 Å². The smallest absolute Gasteiger partial charge is 0.0441 e.